The normalized spacial score (nSPS) is 11.7. The van der Waals surface area contributed by atoms with Crippen LogP contribution in [0.5, 0.6) is 0 Å². The third kappa shape index (κ3) is 4.02. The van der Waals surface area contributed by atoms with E-state index in [2.05, 4.69) is 20.6 Å². The third-order valence-corrected chi connectivity index (χ3v) is 3.16. The van der Waals surface area contributed by atoms with Gasteiger partial charge >= 0.3 is 0 Å². The Kier molecular flexibility index (Phi) is 5.26. The molecule has 1 heterocycles. The first kappa shape index (κ1) is 15.0. The number of aromatic nitrogens is 2. The van der Waals surface area contributed by atoms with E-state index in [-0.39, 0.29) is 11.9 Å². The van der Waals surface area contributed by atoms with Crippen molar-refractivity contribution in [3.8, 4) is 0 Å². The summed E-state index contributed by atoms with van der Waals surface area (Å²) in [6.45, 7) is 4.79. The Morgan fingerprint density at radius 1 is 1.14 bits per heavy atom. The summed E-state index contributed by atoms with van der Waals surface area (Å²) in [5.41, 5.74) is 1.41. The number of amides is 1. The SMILES string of the molecule is CCNc1cnc(C(=O)NC(CC)c2ccccc2)cn1. The van der Waals surface area contributed by atoms with Gasteiger partial charge in [0.15, 0.2) is 0 Å². The highest BCUT2D eigenvalue weighted by molar-refractivity contribution is 5.92. The first-order valence-electron chi connectivity index (χ1n) is 7.16. The molecule has 1 unspecified atom stereocenters. The third-order valence-electron chi connectivity index (χ3n) is 3.16. The Balaban J connectivity index is 2.05. The zero-order valence-corrected chi connectivity index (χ0v) is 12.3. The van der Waals surface area contributed by atoms with Gasteiger partial charge in [0.05, 0.1) is 18.4 Å². The lowest BCUT2D eigenvalue weighted by Gasteiger charge is -2.17. The molecule has 0 saturated heterocycles. The second-order valence-electron chi connectivity index (χ2n) is 4.66. The van der Waals surface area contributed by atoms with E-state index in [1.807, 2.05) is 44.2 Å². The number of benzene rings is 1. The lowest BCUT2D eigenvalue weighted by Crippen LogP contribution is -2.29. The van der Waals surface area contributed by atoms with Gasteiger partial charge in [-0.15, -0.1) is 0 Å². The molecule has 2 N–H and O–H groups in total. The Hall–Kier alpha value is -2.43. The molecule has 1 amide bonds. The molecule has 0 aliphatic rings. The molecule has 0 aliphatic carbocycles. The van der Waals surface area contributed by atoms with E-state index in [0.717, 1.165) is 18.5 Å². The second kappa shape index (κ2) is 7.38. The minimum Gasteiger partial charge on any atom is -0.369 e. The quantitative estimate of drug-likeness (QED) is 0.856. The lowest BCUT2D eigenvalue weighted by molar-refractivity contribution is 0.0930. The van der Waals surface area contributed by atoms with Crippen molar-refractivity contribution in [1.82, 2.24) is 15.3 Å². The van der Waals surface area contributed by atoms with E-state index in [1.165, 1.54) is 6.20 Å². The Morgan fingerprint density at radius 2 is 1.90 bits per heavy atom. The highest BCUT2D eigenvalue weighted by Gasteiger charge is 2.15. The van der Waals surface area contributed by atoms with Crippen LogP contribution in [0.3, 0.4) is 0 Å². The predicted molar refractivity (Wildman–Crippen MR) is 83.1 cm³/mol. The Labute approximate surface area is 124 Å². The van der Waals surface area contributed by atoms with Crippen LogP contribution in [-0.2, 0) is 0 Å². The predicted octanol–water partition coefficient (Wildman–Crippen LogP) is 2.79. The Morgan fingerprint density at radius 3 is 2.48 bits per heavy atom. The summed E-state index contributed by atoms with van der Waals surface area (Å²) >= 11 is 0. The summed E-state index contributed by atoms with van der Waals surface area (Å²) in [5, 5.41) is 6.04. The summed E-state index contributed by atoms with van der Waals surface area (Å²) in [7, 11) is 0. The molecule has 5 nitrogen and oxygen atoms in total. The van der Waals surface area contributed by atoms with Crippen molar-refractivity contribution in [2.75, 3.05) is 11.9 Å². The van der Waals surface area contributed by atoms with Gasteiger partial charge in [-0.1, -0.05) is 37.3 Å². The van der Waals surface area contributed by atoms with Gasteiger partial charge in [-0.2, -0.15) is 0 Å². The average molecular weight is 284 g/mol. The minimum atomic E-state index is -0.207. The molecule has 1 aromatic carbocycles. The van der Waals surface area contributed by atoms with Gasteiger partial charge in [-0.3, -0.25) is 4.79 Å². The standard InChI is InChI=1S/C16H20N4O/c1-3-13(12-8-6-5-7-9-12)20-16(21)14-10-19-15(11-18-14)17-4-2/h5-11,13H,3-4H2,1-2H3,(H,17,19)(H,20,21). The molecule has 0 radical (unpaired) electrons. The second-order valence-corrected chi connectivity index (χ2v) is 4.66. The Bertz CT molecular complexity index is 569. The van der Waals surface area contributed by atoms with Gasteiger partial charge < -0.3 is 10.6 Å². The molecule has 2 aromatic rings. The molecule has 0 fully saturated rings. The largest absolute Gasteiger partial charge is 0.369 e. The van der Waals surface area contributed by atoms with E-state index in [0.29, 0.717) is 11.5 Å². The zero-order valence-electron chi connectivity index (χ0n) is 12.3. The molecular weight excluding hydrogens is 264 g/mol. The molecule has 0 bridgehead atoms. The minimum absolute atomic E-state index is 0.0195. The summed E-state index contributed by atoms with van der Waals surface area (Å²) in [4.78, 5) is 20.5. The van der Waals surface area contributed by atoms with E-state index >= 15 is 0 Å². The van der Waals surface area contributed by atoms with Gasteiger partial charge in [-0.05, 0) is 18.9 Å². The van der Waals surface area contributed by atoms with Crippen LogP contribution < -0.4 is 10.6 Å². The highest BCUT2D eigenvalue weighted by Crippen LogP contribution is 2.16. The molecule has 1 atom stereocenters. The van der Waals surface area contributed by atoms with Gasteiger partial charge in [0, 0.05) is 6.54 Å². The van der Waals surface area contributed by atoms with E-state index < -0.39 is 0 Å². The fourth-order valence-corrected chi connectivity index (χ4v) is 2.06. The van der Waals surface area contributed by atoms with Crippen LogP contribution in [0, 0.1) is 0 Å². The molecule has 5 heteroatoms. The van der Waals surface area contributed by atoms with Crippen molar-refractivity contribution in [1.29, 1.82) is 0 Å². The number of hydrogen-bond acceptors (Lipinski definition) is 4. The maximum Gasteiger partial charge on any atom is 0.271 e. The van der Waals surface area contributed by atoms with Crippen LogP contribution in [0.15, 0.2) is 42.7 Å². The highest BCUT2D eigenvalue weighted by atomic mass is 16.1. The molecular formula is C16H20N4O. The number of hydrogen-bond donors (Lipinski definition) is 2. The molecule has 110 valence electrons. The topological polar surface area (TPSA) is 66.9 Å². The number of carbonyl (C=O) groups is 1. The average Bonchev–Trinajstić information content (AvgIpc) is 2.54. The van der Waals surface area contributed by atoms with Crippen LogP contribution in [0.2, 0.25) is 0 Å². The van der Waals surface area contributed by atoms with Crippen molar-refractivity contribution in [2.24, 2.45) is 0 Å². The summed E-state index contributed by atoms with van der Waals surface area (Å²) in [5.74, 6) is 0.463. The lowest BCUT2D eigenvalue weighted by atomic mass is 10.0. The molecule has 21 heavy (non-hydrogen) atoms. The van der Waals surface area contributed by atoms with Crippen LogP contribution in [0.25, 0.3) is 0 Å². The van der Waals surface area contributed by atoms with Gasteiger partial charge in [0.2, 0.25) is 0 Å². The van der Waals surface area contributed by atoms with Gasteiger partial charge in [-0.25, -0.2) is 9.97 Å². The number of rotatable bonds is 6. The number of carbonyl (C=O) groups excluding carboxylic acids is 1. The number of anilines is 1. The molecule has 0 saturated carbocycles. The van der Waals surface area contributed by atoms with Crippen LogP contribution in [0.4, 0.5) is 5.82 Å². The fourth-order valence-electron chi connectivity index (χ4n) is 2.06. The van der Waals surface area contributed by atoms with Crippen LogP contribution in [-0.4, -0.2) is 22.4 Å². The summed E-state index contributed by atoms with van der Waals surface area (Å²) in [6, 6.07) is 9.89. The number of nitrogens with one attached hydrogen (secondary N) is 2. The first-order chi connectivity index (χ1) is 10.2. The van der Waals surface area contributed by atoms with Crippen LogP contribution in [0.1, 0.15) is 42.4 Å². The van der Waals surface area contributed by atoms with E-state index in [4.69, 9.17) is 0 Å². The van der Waals surface area contributed by atoms with Crippen molar-refractivity contribution < 1.29 is 4.79 Å². The van der Waals surface area contributed by atoms with E-state index in [9.17, 15) is 4.79 Å². The maximum absolute atomic E-state index is 12.2. The molecule has 2 rings (SSSR count). The van der Waals surface area contributed by atoms with Gasteiger partial charge in [0.25, 0.3) is 5.91 Å². The smallest absolute Gasteiger partial charge is 0.271 e. The first-order valence-corrected chi connectivity index (χ1v) is 7.16. The van der Waals surface area contributed by atoms with Crippen molar-refractivity contribution in [3.63, 3.8) is 0 Å². The maximum atomic E-state index is 12.2. The van der Waals surface area contributed by atoms with Crippen molar-refractivity contribution >= 4 is 11.7 Å². The zero-order chi connectivity index (χ0) is 15.1. The summed E-state index contributed by atoms with van der Waals surface area (Å²) < 4.78 is 0. The van der Waals surface area contributed by atoms with Crippen molar-refractivity contribution in [3.05, 3.63) is 54.0 Å². The molecule has 0 spiro atoms. The van der Waals surface area contributed by atoms with Crippen molar-refractivity contribution in [2.45, 2.75) is 26.3 Å². The van der Waals surface area contributed by atoms with Gasteiger partial charge in [0.1, 0.15) is 11.5 Å². The summed E-state index contributed by atoms with van der Waals surface area (Å²) in [6.07, 6.45) is 3.88. The molecule has 1 aromatic heterocycles. The molecule has 0 aliphatic heterocycles. The fraction of sp³-hybridized carbons (Fsp3) is 0.312. The van der Waals surface area contributed by atoms with Crippen LogP contribution >= 0.6 is 0 Å². The number of nitrogens with zero attached hydrogens (tertiary/aromatic N) is 2. The monoisotopic (exact) mass is 284 g/mol. The van der Waals surface area contributed by atoms with E-state index in [1.54, 1.807) is 6.20 Å².